The Labute approximate surface area is 110 Å². The first-order valence-corrected chi connectivity index (χ1v) is 6.46. The molecule has 1 atom stereocenters. The zero-order valence-electron chi connectivity index (χ0n) is 10.6. The Morgan fingerprint density at radius 3 is 2.74 bits per heavy atom. The lowest BCUT2D eigenvalue weighted by Gasteiger charge is -2.22. The van der Waals surface area contributed by atoms with Gasteiger partial charge >= 0.3 is 5.82 Å². The second-order valence-electron chi connectivity index (χ2n) is 4.87. The van der Waals surface area contributed by atoms with Gasteiger partial charge in [-0.25, -0.2) is 4.98 Å². The minimum atomic E-state index is -0.561. The molecular formula is C12H18N4O3. The number of carbonyl (C=O) groups is 1. The van der Waals surface area contributed by atoms with Crippen LogP contribution >= 0.6 is 0 Å². The zero-order valence-corrected chi connectivity index (χ0v) is 10.6. The van der Waals surface area contributed by atoms with Crippen LogP contribution in [-0.2, 0) is 0 Å². The van der Waals surface area contributed by atoms with Gasteiger partial charge in [-0.3, -0.25) is 4.79 Å². The molecule has 0 spiro atoms. The number of carbonyl (C=O) groups excluding carboxylic acids is 1. The van der Waals surface area contributed by atoms with Gasteiger partial charge in [0, 0.05) is 18.7 Å². The van der Waals surface area contributed by atoms with E-state index in [9.17, 15) is 14.9 Å². The van der Waals surface area contributed by atoms with Crippen LogP contribution in [-0.4, -0.2) is 28.4 Å². The van der Waals surface area contributed by atoms with Crippen molar-refractivity contribution in [2.75, 3.05) is 6.54 Å². The molecule has 1 aliphatic rings. The number of hydrogen-bond acceptors (Lipinski definition) is 4. The number of aromatic amines is 1. The highest BCUT2D eigenvalue weighted by atomic mass is 16.6. The summed E-state index contributed by atoms with van der Waals surface area (Å²) in [6.45, 7) is 0.388. The number of nitrogens with zero attached hydrogens (tertiary/aromatic N) is 1. The van der Waals surface area contributed by atoms with E-state index < -0.39 is 4.92 Å². The fraction of sp³-hybridized carbons (Fsp3) is 0.583. The molecule has 1 saturated carbocycles. The molecule has 104 valence electrons. The van der Waals surface area contributed by atoms with Crippen LogP contribution in [0.2, 0.25) is 0 Å². The number of aromatic nitrogens is 1. The molecule has 0 saturated heterocycles. The van der Waals surface area contributed by atoms with Gasteiger partial charge in [-0.05, 0) is 29.7 Å². The van der Waals surface area contributed by atoms with Gasteiger partial charge in [0.1, 0.15) is 0 Å². The Balaban J connectivity index is 2.00. The summed E-state index contributed by atoms with van der Waals surface area (Å²) in [5.74, 6) is -0.107. The minimum Gasteiger partial charge on any atom is -0.358 e. The van der Waals surface area contributed by atoms with Gasteiger partial charge in [0.15, 0.2) is 5.69 Å². The van der Waals surface area contributed by atoms with Crippen LogP contribution in [0.3, 0.4) is 0 Å². The Morgan fingerprint density at radius 1 is 1.53 bits per heavy atom. The van der Waals surface area contributed by atoms with E-state index in [1.165, 1.54) is 25.0 Å². The topological polar surface area (TPSA) is 114 Å². The van der Waals surface area contributed by atoms with E-state index in [1.807, 2.05) is 0 Å². The van der Waals surface area contributed by atoms with Crippen LogP contribution in [0, 0.1) is 16.0 Å². The number of nitrogens with two attached hydrogens (primary N) is 1. The van der Waals surface area contributed by atoms with Crippen molar-refractivity contribution in [3.63, 3.8) is 0 Å². The lowest BCUT2D eigenvalue weighted by molar-refractivity contribution is -0.389. The Bertz CT molecular complexity index is 465. The van der Waals surface area contributed by atoms with Crippen molar-refractivity contribution >= 4 is 11.7 Å². The van der Waals surface area contributed by atoms with E-state index in [0.29, 0.717) is 12.5 Å². The van der Waals surface area contributed by atoms with Gasteiger partial charge in [-0.1, -0.05) is 12.8 Å². The molecule has 1 unspecified atom stereocenters. The summed E-state index contributed by atoms with van der Waals surface area (Å²) >= 11 is 0. The van der Waals surface area contributed by atoms with Crippen molar-refractivity contribution in [2.45, 2.75) is 31.7 Å². The summed E-state index contributed by atoms with van der Waals surface area (Å²) in [5, 5.41) is 13.4. The number of H-pyrrole nitrogens is 1. The van der Waals surface area contributed by atoms with Crippen molar-refractivity contribution in [1.29, 1.82) is 0 Å². The van der Waals surface area contributed by atoms with Crippen LogP contribution in [0.1, 0.15) is 36.2 Å². The Kier molecular flexibility index (Phi) is 4.16. The normalized spacial score (nSPS) is 17.3. The third kappa shape index (κ3) is 3.11. The van der Waals surface area contributed by atoms with Gasteiger partial charge in [0.2, 0.25) is 0 Å². The van der Waals surface area contributed by atoms with Gasteiger partial charge in [-0.2, -0.15) is 0 Å². The third-order valence-corrected chi connectivity index (χ3v) is 3.65. The van der Waals surface area contributed by atoms with Crippen LogP contribution in [0.15, 0.2) is 12.1 Å². The second-order valence-corrected chi connectivity index (χ2v) is 4.87. The fourth-order valence-corrected chi connectivity index (χ4v) is 2.60. The lowest BCUT2D eigenvalue weighted by atomic mass is 9.98. The summed E-state index contributed by atoms with van der Waals surface area (Å²) in [5.41, 5.74) is 5.90. The van der Waals surface area contributed by atoms with E-state index in [4.69, 9.17) is 5.73 Å². The maximum Gasteiger partial charge on any atom is 0.321 e. The van der Waals surface area contributed by atoms with E-state index in [-0.39, 0.29) is 23.5 Å². The average molecular weight is 266 g/mol. The molecule has 7 heteroatoms. The molecule has 1 aromatic rings. The minimum absolute atomic E-state index is 0.0580. The van der Waals surface area contributed by atoms with E-state index in [1.54, 1.807) is 0 Å². The summed E-state index contributed by atoms with van der Waals surface area (Å²) in [6.07, 6.45) is 4.50. The largest absolute Gasteiger partial charge is 0.358 e. The number of hydrogen-bond donors (Lipinski definition) is 3. The van der Waals surface area contributed by atoms with Crippen LogP contribution < -0.4 is 11.1 Å². The quantitative estimate of drug-likeness (QED) is 0.548. The predicted molar refractivity (Wildman–Crippen MR) is 69.7 cm³/mol. The van der Waals surface area contributed by atoms with Crippen LogP contribution in [0.5, 0.6) is 0 Å². The molecule has 1 heterocycles. The smallest absolute Gasteiger partial charge is 0.321 e. The number of amides is 1. The first-order valence-electron chi connectivity index (χ1n) is 6.46. The first kappa shape index (κ1) is 13.5. The fourth-order valence-electron chi connectivity index (χ4n) is 2.60. The molecule has 7 nitrogen and oxygen atoms in total. The average Bonchev–Trinajstić information content (AvgIpc) is 3.05. The summed E-state index contributed by atoms with van der Waals surface area (Å²) in [7, 11) is 0. The molecule has 1 fully saturated rings. The number of nitrogens with one attached hydrogen (secondary N) is 2. The maximum absolute atomic E-state index is 12.0. The highest BCUT2D eigenvalue weighted by Gasteiger charge is 2.26. The highest BCUT2D eigenvalue weighted by Crippen LogP contribution is 2.27. The van der Waals surface area contributed by atoms with Gasteiger partial charge in [0.05, 0.1) is 0 Å². The van der Waals surface area contributed by atoms with Crippen molar-refractivity contribution < 1.29 is 9.72 Å². The van der Waals surface area contributed by atoms with Gasteiger partial charge < -0.3 is 21.2 Å². The Morgan fingerprint density at radius 2 is 2.21 bits per heavy atom. The summed E-state index contributed by atoms with van der Waals surface area (Å²) in [4.78, 5) is 24.5. The molecule has 0 radical (unpaired) electrons. The molecule has 0 aromatic carbocycles. The molecule has 19 heavy (non-hydrogen) atoms. The predicted octanol–water partition coefficient (Wildman–Crippen LogP) is 1.17. The summed E-state index contributed by atoms with van der Waals surface area (Å²) in [6, 6.07) is 2.63. The molecule has 1 amide bonds. The van der Waals surface area contributed by atoms with Crippen molar-refractivity contribution in [3.05, 3.63) is 27.9 Å². The van der Waals surface area contributed by atoms with E-state index >= 15 is 0 Å². The zero-order chi connectivity index (χ0) is 13.8. The first-order chi connectivity index (χ1) is 9.11. The lowest BCUT2D eigenvalue weighted by Crippen LogP contribution is -2.44. The van der Waals surface area contributed by atoms with Crippen molar-refractivity contribution in [3.8, 4) is 0 Å². The van der Waals surface area contributed by atoms with Gasteiger partial charge in [0.25, 0.3) is 5.91 Å². The van der Waals surface area contributed by atoms with E-state index in [2.05, 4.69) is 10.3 Å². The molecule has 1 aromatic heterocycles. The van der Waals surface area contributed by atoms with Crippen LogP contribution in [0.4, 0.5) is 5.82 Å². The van der Waals surface area contributed by atoms with Crippen molar-refractivity contribution in [1.82, 2.24) is 10.3 Å². The maximum atomic E-state index is 12.0. The number of nitro groups is 1. The summed E-state index contributed by atoms with van der Waals surface area (Å²) < 4.78 is 0. The molecule has 4 N–H and O–H groups in total. The second kappa shape index (κ2) is 5.83. The molecular weight excluding hydrogens is 248 g/mol. The molecule has 2 rings (SSSR count). The Hall–Kier alpha value is -1.89. The third-order valence-electron chi connectivity index (χ3n) is 3.65. The highest BCUT2D eigenvalue weighted by molar-refractivity contribution is 5.93. The molecule has 0 bridgehead atoms. The van der Waals surface area contributed by atoms with Gasteiger partial charge in [-0.15, -0.1) is 0 Å². The monoisotopic (exact) mass is 266 g/mol. The standard InChI is InChI=1S/C12H18N4O3/c13-7-10(8-3-1-2-4-8)15-12(17)9-5-6-11(14-9)16(18)19/h5-6,8,10,14H,1-4,7,13H2,(H,15,17). The SMILES string of the molecule is NCC(NC(=O)c1ccc([N+](=O)[O-])[nH]1)C1CCCC1. The van der Waals surface area contributed by atoms with Crippen molar-refractivity contribution in [2.24, 2.45) is 11.7 Å². The van der Waals surface area contributed by atoms with Crippen LogP contribution in [0.25, 0.3) is 0 Å². The molecule has 0 aliphatic heterocycles. The number of rotatable bonds is 5. The van der Waals surface area contributed by atoms with E-state index in [0.717, 1.165) is 12.8 Å². The molecule has 1 aliphatic carbocycles.